The third-order valence-electron chi connectivity index (χ3n) is 4.88. The van der Waals surface area contributed by atoms with Crippen LogP contribution in [0.4, 0.5) is 10.5 Å². The van der Waals surface area contributed by atoms with E-state index < -0.39 is 0 Å². The van der Waals surface area contributed by atoms with Crippen molar-refractivity contribution in [2.75, 3.05) is 11.9 Å². The summed E-state index contributed by atoms with van der Waals surface area (Å²) in [5.41, 5.74) is 4.07. The molecule has 2 amide bonds. The molecule has 1 aliphatic rings. The number of carbonyl (C=O) groups is 1. The molecule has 1 fully saturated rings. The molecule has 2 heterocycles. The smallest absolute Gasteiger partial charge is 0.322 e. The van der Waals surface area contributed by atoms with Crippen molar-refractivity contribution in [3.05, 3.63) is 46.8 Å². The summed E-state index contributed by atoms with van der Waals surface area (Å²) in [4.78, 5) is 14.6. The molecule has 0 saturated carbocycles. The fourth-order valence-corrected chi connectivity index (χ4v) is 3.39. The molecule has 0 spiro atoms. The van der Waals surface area contributed by atoms with Gasteiger partial charge < -0.3 is 14.7 Å². The molecule has 0 radical (unpaired) electrons. The number of hydrogen-bond donors (Lipinski definition) is 1. The van der Waals surface area contributed by atoms with Crippen LogP contribution < -0.4 is 5.32 Å². The van der Waals surface area contributed by atoms with E-state index in [0.717, 1.165) is 25.1 Å². The minimum Gasteiger partial charge on any atom is -0.359 e. The molecular formula is C19H25N3O2. The van der Waals surface area contributed by atoms with Crippen LogP contribution in [0.25, 0.3) is 0 Å². The van der Waals surface area contributed by atoms with Gasteiger partial charge in [-0.15, -0.1) is 0 Å². The maximum Gasteiger partial charge on any atom is 0.322 e. The highest BCUT2D eigenvalue weighted by molar-refractivity contribution is 5.90. The van der Waals surface area contributed by atoms with Crippen LogP contribution in [-0.2, 0) is 6.42 Å². The number of rotatable bonds is 3. The van der Waals surface area contributed by atoms with Crippen molar-refractivity contribution >= 4 is 11.7 Å². The fraction of sp³-hybridized carbons (Fsp3) is 0.474. The van der Waals surface area contributed by atoms with E-state index in [1.807, 2.05) is 18.7 Å². The number of likely N-dealkylation sites (tertiary alicyclic amines) is 1. The summed E-state index contributed by atoms with van der Waals surface area (Å²) in [6, 6.07) is 8.76. The Morgan fingerprint density at radius 1 is 1.33 bits per heavy atom. The third kappa shape index (κ3) is 3.16. The van der Waals surface area contributed by atoms with Gasteiger partial charge >= 0.3 is 6.03 Å². The average Bonchev–Trinajstić information content (AvgIpc) is 3.12. The molecule has 2 atom stereocenters. The summed E-state index contributed by atoms with van der Waals surface area (Å²) in [6.07, 6.45) is 1.72. The van der Waals surface area contributed by atoms with Gasteiger partial charge in [-0.2, -0.15) is 0 Å². The second kappa shape index (κ2) is 6.67. The summed E-state index contributed by atoms with van der Waals surface area (Å²) in [7, 11) is 0. The molecule has 24 heavy (non-hydrogen) atoms. The monoisotopic (exact) mass is 327 g/mol. The van der Waals surface area contributed by atoms with Gasteiger partial charge in [0.15, 0.2) is 5.76 Å². The Morgan fingerprint density at radius 3 is 2.71 bits per heavy atom. The first-order valence-corrected chi connectivity index (χ1v) is 8.59. The first-order valence-electron chi connectivity index (χ1n) is 8.59. The molecule has 2 aromatic rings. The number of hydrogen-bond acceptors (Lipinski definition) is 3. The van der Waals surface area contributed by atoms with E-state index in [1.165, 1.54) is 11.1 Å². The zero-order valence-electron chi connectivity index (χ0n) is 14.8. The van der Waals surface area contributed by atoms with Gasteiger partial charge in [0, 0.05) is 18.5 Å². The van der Waals surface area contributed by atoms with Gasteiger partial charge in [-0.05, 0) is 39.2 Å². The highest BCUT2D eigenvalue weighted by Crippen LogP contribution is 2.32. The fourth-order valence-electron chi connectivity index (χ4n) is 3.39. The highest BCUT2D eigenvalue weighted by Gasteiger charge is 2.33. The molecule has 3 rings (SSSR count). The summed E-state index contributed by atoms with van der Waals surface area (Å²) in [6.45, 7) is 8.76. The van der Waals surface area contributed by atoms with Crippen LogP contribution in [0, 0.1) is 13.8 Å². The van der Waals surface area contributed by atoms with Crippen LogP contribution in [0.2, 0.25) is 0 Å². The van der Waals surface area contributed by atoms with Crippen molar-refractivity contribution in [1.82, 2.24) is 10.1 Å². The van der Waals surface area contributed by atoms with Crippen LogP contribution >= 0.6 is 0 Å². The van der Waals surface area contributed by atoms with Crippen LogP contribution in [0.1, 0.15) is 48.8 Å². The van der Waals surface area contributed by atoms with Crippen molar-refractivity contribution < 1.29 is 9.32 Å². The summed E-state index contributed by atoms with van der Waals surface area (Å²) >= 11 is 0. The number of aromatic nitrogens is 1. The number of aryl methyl sites for hydroxylation is 3. The Bertz CT molecular complexity index is 721. The summed E-state index contributed by atoms with van der Waals surface area (Å²) < 4.78 is 5.20. The molecule has 0 aliphatic carbocycles. The van der Waals surface area contributed by atoms with E-state index in [9.17, 15) is 4.79 Å². The molecule has 128 valence electrons. The Morgan fingerprint density at radius 2 is 2.04 bits per heavy atom. The number of nitrogens with one attached hydrogen (secondary N) is 1. The van der Waals surface area contributed by atoms with Crippen molar-refractivity contribution in [3.8, 4) is 0 Å². The standard InChI is InChI=1S/C19H25N3O2/c1-5-17-18(14(4)24-21-17)20-19(23)22-11-16(10-13(22)3)15-8-6-12(2)7-9-15/h6-9,13,16H,5,10-11H2,1-4H3,(H,20,23)/t13-,16+/m0/s1. The van der Waals surface area contributed by atoms with Crippen LogP contribution in [-0.4, -0.2) is 28.7 Å². The minimum atomic E-state index is -0.0712. The van der Waals surface area contributed by atoms with Crippen LogP contribution in [0.15, 0.2) is 28.8 Å². The number of benzene rings is 1. The maximum absolute atomic E-state index is 12.7. The molecule has 5 nitrogen and oxygen atoms in total. The molecule has 1 aliphatic heterocycles. The van der Waals surface area contributed by atoms with E-state index in [4.69, 9.17) is 4.52 Å². The number of carbonyl (C=O) groups excluding carboxylic acids is 1. The first-order chi connectivity index (χ1) is 11.5. The SMILES string of the molecule is CCc1noc(C)c1NC(=O)N1C[C@H](c2ccc(C)cc2)C[C@@H]1C. The molecule has 1 aromatic heterocycles. The Labute approximate surface area is 143 Å². The van der Waals surface area contributed by atoms with Crippen LogP contribution in [0.3, 0.4) is 0 Å². The first kappa shape index (κ1) is 16.6. The van der Waals surface area contributed by atoms with Crippen molar-refractivity contribution in [1.29, 1.82) is 0 Å². The van der Waals surface area contributed by atoms with Crippen molar-refractivity contribution in [2.45, 2.75) is 52.5 Å². The van der Waals surface area contributed by atoms with E-state index in [2.05, 4.69) is 48.6 Å². The zero-order chi connectivity index (χ0) is 17.3. The lowest BCUT2D eigenvalue weighted by Gasteiger charge is -2.22. The third-order valence-corrected chi connectivity index (χ3v) is 4.88. The topological polar surface area (TPSA) is 58.4 Å². The minimum absolute atomic E-state index is 0.0712. The van der Waals surface area contributed by atoms with Gasteiger partial charge in [0.2, 0.25) is 0 Å². The number of nitrogens with zero attached hydrogens (tertiary/aromatic N) is 2. The van der Waals surface area contributed by atoms with Gasteiger partial charge in [-0.25, -0.2) is 4.79 Å². The number of amides is 2. The number of anilines is 1. The van der Waals surface area contributed by atoms with Crippen molar-refractivity contribution in [2.24, 2.45) is 0 Å². The molecule has 5 heteroatoms. The molecular weight excluding hydrogens is 302 g/mol. The van der Waals surface area contributed by atoms with Gasteiger partial charge in [0.1, 0.15) is 11.4 Å². The lowest BCUT2D eigenvalue weighted by Crippen LogP contribution is -2.37. The summed E-state index contributed by atoms with van der Waals surface area (Å²) in [5.74, 6) is 1.04. The molecule has 0 unspecified atom stereocenters. The lowest BCUT2D eigenvalue weighted by molar-refractivity contribution is 0.209. The van der Waals surface area contributed by atoms with Gasteiger partial charge in [-0.1, -0.05) is 41.9 Å². The van der Waals surface area contributed by atoms with Crippen LogP contribution in [0.5, 0.6) is 0 Å². The normalized spacial score (nSPS) is 20.4. The predicted octanol–water partition coefficient (Wildman–Crippen LogP) is 4.26. The molecule has 0 bridgehead atoms. The van der Waals surface area contributed by atoms with Gasteiger partial charge in [0.05, 0.1) is 0 Å². The van der Waals surface area contributed by atoms with E-state index >= 15 is 0 Å². The highest BCUT2D eigenvalue weighted by atomic mass is 16.5. The molecule has 1 aromatic carbocycles. The quantitative estimate of drug-likeness (QED) is 0.916. The Kier molecular flexibility index (Phi) is 4.60. The average molecular weight is 327 g/mol. The van der Waals surface area contributed by atoms with E-state index in [-0.39, 0.29) is 12.1 Å². The van der Waals surface area contributed by atoms with Gasteiger partial charge in [-0.3, -0.25) is 0 Å². The number of urea groups is 1. The maximum atomic E-state index is 12.7. The van der Waals surface area contributed by atoms with Crippen molar-refractivity contribution in [3.63, 3.8) is 0 Å². The van der Waals surface area contributed by atoms with Gasteiger partial charge in [0.25, 0.3) is 0 Å². The lowest BCUT2D eigenvalue weighted by atomic mass is 9.96. The molecule has 1 N–H and O–H groups in total. The Hall–Kier alpha value is -2.30. The van der Waals surface area contributed by atoms with E-state index in [1.54, 1.807) is 0 Å². The molecule has 1 saturated heterocycles. The largest absolute Gasteiger partial charge is 0.359 e. The second-order valence-corrected chi connectivity index (χ2v) is 6.69. The summed E-state index contributed by atoms with van der Waals surface area (Å²) in [5, 5.41) is 6.99. The Balaban J connectivity index is 1.71. The second-order valence-electron chi connectivity index (χ2n) is 6.69. The zero-order valence-corrected chi connectivity index (χ0v) is 14.8. The van der Waals surface area contributed by atoms with E-state index in [0.29, 0.717) is 17.4 Å². The predicted molar refractivity (Wildman–Crippen MR) is 94.3 cm³/mol.